The van der Waals surface area contributed by atoms with Crippen LogP contribution in [0.2, 0.25) is 36.3 Å². The molecule has 26 atom stereocenters. The van der Waals surface area contributed by atoms with Crippen LogP contribution in [0, 0.1) is 113 Å². The van der Waals surface area contributed by atoms with Crippen LogP contribution in [0.4, 0.5) is 0 Å². The summed E-state index contributed by atoms with van der Waals surface area (Å²) in [6, 6.07) is 6.85. The van der Waals surface area contributed by atoms with Crippen LogP contribution in [0.5, 0.6) is 0 Å². The van der Waals surface area contributed by atoms with Gasteiger partial charge in [-0.2, -0.15) is 0 Å². The first-order valence-electron chi connectivity index (χ1n) is 37.9. The summed E-state index contributed by atoms with van der Waals surface area (Å²) in [5.41, 5.74) is 0.798. The molecule has 0 aromatic carbocycles. The van der Waals surface area contributed by atoms with Gasteiger partial charge in [0.05, 0.1) is 47.8 Å². The molecule has 12 fully saturated rings. The predicted octanol–water partition coefficient (Wildman–Crippen LogP) is 11.6. The number of carbonyl (C=O) groups excluding carboxylic acids is 2. The van der Waals surface area contributed by atoms with E-state index in [1.165, 1.54) is 96.8 Å². The van der Waals surface area contributed by atoms with Gasteiger partial charge in [0.15, 0.2) is 22.7 Å². The molecule has 12 aliphatic rings. The Labute approximate surface area is 670 Å². The Morgan fingerprint density at radius 2 is 0.895 bits per heavy atom. The molecule has 0 bridgehead atoms. The maximum absolute atomic E-state index is 12.3. The normalized spacial score (nSPS) is 46.4. The summed E-state index contributed by atoms with van der Waals surface area (Å²) in [5.74, 6) is 5.95. The van der Waals surface area contributed by atoms with Crippen molar-refractivity contribution in [2.24, 2.45) is 113 Å². The maximum Gasteiger partial charge on any atom is 1.00 e. The minimum absolute atomic E-state index is 0. The zero-order valence-corrected chi connectivity index (χ0v) is 72.3. The minimum atomic E-state index is -2.00. The van der Waals surface area contributed by atoms with E-state index in [4.69, 9.17) is 33.1 Å². The van der Waals surface area contributed by atoms with Crippen molar-refractivity contribution in [2.45, 2.75) is 373 Å². The first kappa shape index (κ1) is 86.2. The van der Waals surface area contributed by atoms with Crippen LogP contribution in [-0.4, -0.2) is 104 Å². The number of aliphatic hydroxyl groups is 3. The number of hydrogen-bond acceptors (Lipinski definition) is 12. The SMILES string of the molecule is C.C.CC[Si](CC)(CC)O[C@H]1[C@H]2O[C@@H]([C@H](O)C(C)(C)O)C[C@@H](C)[C@@H]2[C@@]2(C)CC[C@@]34C[C@@]35CCC(C)C(C)(C)[C@@H]5CC[C@H]4[C@]12C.CC[Si](CC)(CC)O[C@H]1[C@H]2O[C@@H]([C@H](OC(C)=O)C(C)(C)O)C[C@@H](C)[C@@H]2[C@@]2(C)CC[C@@]34C[C@@]35CCC(C)C(C)(C)[C@@H]5CC[C@H]4[C@]12C.O=CO[O-].[H-].[K+].[K+]. The molecule has 542 valence electrons. The molecule has 2 heterocycles. The molecule has 2 unspecified atom stereocenters. The number of rotatable bonds is 16. The number of carbonyl (C=O) groups is 2. The summed E-state index contributed by atoms with van der Waals surface area (Å²) in [6.45, 7) is 53.4. The van der Waals surface area contributed by atoms with Gasteiger partial charge in [0.2, 0.25) is 0 Å². The Morgan fingerprint density at radius 1 is 0.568 bits per heavy atom. The Bertz CT molecular complexity index is 2630. The zero-order chi connectivity index (χ0) is 67.5. The average Bonchev–Trinajstić information content (AvgIpc) is 1.46. The molecule has 0 amide bonds. The smallest absolute Gasteiger partial charge is 1.00 e. The molecular formula is C79H144K2O12Si2. The molecule has 3 N–H and O–H groups in total. The Kier molecular flexibility index (Phi) is 26.8. The molecule has 12 rings (SSSR count). The van der Waals surface area contributed by atoms with Crippen LogP contribution >= 0.6 is 0 Å². The molecule has 0 aromatic heterocycles. The number of aliphatic hydroxyl groups excluding tert-OH is 1. The maximum atomic E-state index is 12.3. The van der Waals surface area contributed by atoms with Gasteiger partial charge < -0.3 is 50.0 Å². The zero-order valence-electron chi connectivity index (χ0n) is 65.0. The van der Waals surface area contributed by atoms with Gasteiger partial charge in [-0.05, 0) is 269 Å². The second-order valence-electron chi connectivity index (χ2n) is 37.6. The third kappa shape index (κ3) is 12.7. The molecule has 0 aromatic rings. The van der Waals surface area contributed by atoms with Crippen LogP contribution in [0.3, 0.4) is 0 Å². The summed E-state index contributed by atoms with van der Waals surface area (Å²) < 4.78 is 36.0. The topological polar surface area (TPSA) is 173 Å². The molecule has 0 radical (unpaired) electrons. The average molecular weight is 1420 g/mol. The largest absolute Gasteiger partial charge is 1.00 e. The van der Waals surface area contributed by atoms with Crippen molar-refractivity contribution in [3.05, 3.63) is 0 Å². The summed E-state index contributed by atoms with van der Waals surface area (Å²) >= 11 is 0. The second-order valence-corrected chi connectivity index (χ2v) is 47.0. The van der Waals surface area contributed by atoms with Gasteiger partial charge in [0, 0.05) is 17.8 Å². The van der Waals surface area contributed by atoms with Crippen molar-refractivity contribution in [1.29, 1.82) is 0 Å². The van der Waals surface area contributed by atoms with Crippen molar-refractivity contribution in [1.82, 2.24) is 0 Å². The molecule has 12 nitrogen and oxygen atoms in total. The first-order chi connectivity index (χ1) is 42.2. The third-order valence-corrected chi connectivity index (χ3v) is 43.0. The molecule has 16 heteroatoms. The van der Waals surface area contributed by atoms with Crippen LogP contribution in [0.15, 0.2) is 0 Å². The van der Waals surface area contributed by atoms with Crippen molar-refractivity contribution in [3.8, 4) is 0 Å². The van der Waals surface area contributed by atoms with E-state index in [0.717, 1.165) is 72.8 Å². The van der Waals surface area contributed by atoms with Crippen LogP contribution in [0.1, 0.15) is 278 Å². The monoisotopic (exact) mass is 1420 g/mol. The quantitative estimate of drug-likeness (QED) is 0.0440. The van der Waals surface area contributed by atoms with Gasteiger partial charge in [-0.3, -0.25) is 9.59 Å². The van der Waals surface area contributed by atoms with E-state index in [2.05, 4.69) is 130 Å². The molecule has 10 aliphatic carbocycles. The minimum Gasteiger partial charge on any atom is -1.00 e. The van der Waals surface area contributed by atoms with Gasteiger partial charge >= 0.3 is 109 Å². The fourth-order valence-corrected chi connectivity index (χ4v) is 33.4. The van der Waals surface area contributed by atoms with E-state index < -0.39 is 40.0 Å². The van der Waals surface area contributed by atoms with Crippen molar-refractivity contribution >= 4 is 29.1 Å². The molecule has 2 saturated heterocycles. The molecule has 95 heavy (non-hydrogen) atoms. The van der Waals surface area contributed by atoms with Gasteiger partial charge in [-0.1, -0.05) is 139 Å². The second kappa shape index (κ2) is 29.5. The van der Waals surface area contributed by atoms with Crippen molar-refractivity contribution in [2.75, 3.05) is 0 Å². The Morgan fingerprint density at radius 3 is 1.21 bits per heavy atom. The van der Waals surface area contributed by atoms with Crippen LogP contribution in [-0.2, 0) is 37.5 Å². The molecule has 10 saturated carbocycles. The fraction of sp³-hybridized carbons (Fsp3) is 0.975. The fourth-order valence-electron chi connectivity index (χ4n) is 27.6. The summed E-state index contributed by atoms with van der Waals surface area (Å²) in [7, 11) is -3.95. The number of hydrogen-bond donors (Lipinski definition) is 3. The summed E-state index contributed by atoms with van der Waals surface area (Å²) in [4.78, 5) is 23.5. The third-order valence-electron chi connectivity index (χ3n) is 33.7. The predicted molar refractivity (Wildman–Crippen MR) is 379 cm³/mol. The van der Waals surface area contributed by atoms with E-state index in [0.29, 0.717) is 68.0 Å². The molecule has 4 spiro atoms. The Hall–Kier alpha value is 2.33. The van der Waals surface area contributed by atoms with E-state index in [1.54, 1.807) is 27.7 Å². The standard InChI is InChI=1S/C39H68O5Si.C37H66O4Si.CH2O3.2CH4.2K.H/c1-13-45(14-2,15-3)44-33-31-30(24(4)22-27(43-31)32(35(9,10)41)42-26(6)40)36(11)20-21-39-23-38(39)19-18-25(5)34(7,8)28(38)16-17-29(39)37(33,36)12;1-12-42(13-2,14-3)41-31-29-28(23(4)21-25(40-29)30(38)33(8,9)39)34(10)19-20-37-22-36(37)18-17-24(5)32(6,7)26(36)15-16-27(37)35(31,34)11;2-1-4-3;;;;;/h24-25,27-33,41H,13-23H2,1-12H3;23-31,38-39H,12-22H2,1-11H3;1,3H;2*1H4;;;/q;;;;;2*+1;-1/p-1/t24-,25?,27-,28+,29+,30+,31+,32+,33+,36-,37-,38-,39+;23-,24?,25-,26+,27+,28+,29+,30+,31+,34-,35-,36-,37+;;;;;;/m11....../s1. The molecular weight excluding hydrogens is 1280 g/mol. The van der Waals surface area contributed by atoms with Crippen molar-refractivity contribution < 1.29 is 162 Å². The Balaban J connectivity index is 0.000000314. The van der Waals surface area contributed by atoms with E-state index >= 15 is 0 Å². The van der Waals surface area contributed by atoms with Gasteiger partial charge in [-0.25, -0.2) is 0 Å². The van der Waals surface area contributed by atoms with Gasteiger partial charge in [0.1, 0.15) is 6.10 Å². The number of ether oxygens (including phenoxy) is 3. The number of esters is 1. The van der Waals surface area contributed by atoms with Crippen LogP contribution < -0.4 is 108 Å². The van der Waals surface area contributed by atoms with E-state index in [-0.39, 0.29) is 190 Å². The van der Waals surface area contributed by atoms with Crippen molar-refractivity contribution in [3.63, 3.8) is 0 Å². The van der Waals surface area contributed by atoms with E-state index in [1.807, 2.05) is 0 Å². The number of fused-ring (bicyclic) bond motifs is 8. The summed E-state index contributed by atoms with van der Waals surface area (Å²) in [5, 5.41) is 41.9. The van der Waals surface area contributed by atoms with Gasteiger partial charge in [0.25, 0.3) is 6.47 Å². The first-order valence-corrected chi connectivity index (χ1v) is 42.9. The van der Waals surface area contributed by atoms with Crippen LogP contribution in [0.25, 0.3) is 0 Å². The van der Waals surface area contributed by atoms with E-state index in [9.17, 15) is 20.1 Å². The molecule has 2 aliphatic heterocycles. The summed E-state index contributed by atoms with van der Waals surface area (Å²) in [6.07, 6.45) is 18.6. The van der Waals surface area contributed by atoms with Gasteiger partial charge in [-0.15, -0.1) is 0 Å².